The molecule has 1 aliphatic heterocycles. The van der Waals surface area contributed by atoms with E-state index < -0.39 is 37.7 Å². The van der Waals surface area contributed by atoms with Crippen LogP contribution in [0.5, 0.6) is 0 Å². The van der Waals surface area contributed by atoms with Crippen molar-refractivity contribution >= 4 is 25.5 Å². The number of hydrogen-bond acceptors (Lipinski definition) is 7. The van der Waals surface area contributed by atoms with Crippen LogP contribution in [0.3, 0.4) is 0 Å². The Morgan fingerprint density at radius 1 is 1.05 bits per heavy atom. The quantitative estimate of drug-likeness (QED) is 0.292. The summed E-state index contributed by atoms with van der Waals surface area (Å²) in [5.74, 6) is -1.10. The Morgan fingerprint density at radius 2 is 1.69 bits per heavy atom. The predicted octanol–water partition coefficient (Wildman–Crippen LogP) is 2.62. The molecule has 0 saturated carbocycles. The molecule has 12 nitrogen and oxygen atoms in total. The van der Waals surface area contributed by atoms with Gasteiger partial charge in [0.15, 0.2) is 5.82 Å². The average Bonchev–Trinajstić information content (AvgIpc) is 2.92. The van der Waals surface area contributed by atoms with E-state index in [0.29, 0.717) is 23.7 Å². The van der Waals surface area contributed by atoms with Gasteiger partial charge in [-0.1, -0.05) is 57.5 Å². The Balaban J connectivity index is 1.76. The fourth-order valence-electron chi connectivity index (χ4n) is 3.97. The molecule has 39 heavy (non-hydrogen) atoms. The van der Waals surface area contributed by atoms with E-state index in [9.17, 15) is 28.7 Å². The minimum absolute atomic E-state index is 0.0179. The van der Waals surface area contributed by atoms with Crippen LogP contribution in [-0.4, -0.2) is 92.5 Å². The van der Waals surface area contributed by atoms with Crippen LogP contribution in [0.2, 0.25) is 0 Å². The molecule has 1 aliphatic rings. The zero-order chi connectivity index (χ0) is 28.6. The Hall–Kier alpha value is -3.34. The molecule has 1 aromatic carbocycles. The number of ether oxygens (including phenoxy) is 1. The smallest absolute Gasteiger partial charge is 0.409 e. The fraction of sp³-hybridized carbons (Fsp3) is 0.500. The van der Waals surface area contributed by atoms with Crippen LogP contribution >= 0.6 is 7.60 Å². The molecular formula is C26H36N5O7P. The lowest BCUT2D eigenvalue weighted by molar-refractivity contribution is -0.134. The first-order valence-corrected chi connectivity index (χ1v) is 14.8. The molecule has 3 amide bonds. The summed E-state index contributed by atoms with van der Waals surface area (Å²) in [7, 11) is -4.68. The zero-order valence-corrected chi connectivity index (χ0v) is 23.3. The molecule has 212 valence electrons. The lowest BCUT2D eigenvalue weighted by atomic mass is 10.1. The third kappa shape index (κ3) is 8.84. The topological polar surface area (TPSA) is 162 Å². The predicted molar refractivity (Wildman–Crippen MR) is 144 cm³/mol. The molecule has 1 fully saturated rings. The number of piperazine rings is 1. The van der Waals surface area contributed by atoms with Gasteiger partial charge in [0, 0.05) is 37.4 Å². The van der Waals surface area contributed by atoms with Crippen molar-refractivity contribution in [2.24, 2.45) is 0 Å². The number of rotatable bonds is 10. The van der Waals surface area contributed by atoms with E-state index in [2.05, 4.69) is 15.3 Å². The molecule has 2 heterocycles. The largest absolute Gasteiger partial charge is 0.449 e. The highest BCUT2D eigenvalue weighted by Gasteiger charge is 2.35. The number of amides is 3. The minimum Gasteiger partial charge on any atom is -0.449 e. The van der Waals surface area contributed by atoms with Gasteiger partial charge < -0.3 is 29.6 Å². The van der Waals surface area contributed by atoms with Crippen molar-refractivity contribution in [3.8, 4) is 11.4 Å². The molecule has 0 radical (unpaired) electrons. The van der Waals surface area contributed by atoms with Crippen LogP contribution < -0.4 is 5.32 Å². The van der Waals surface area contributed by atoms with Crippen molar-refractivity contribution in [3.63, 3.8) is 0 Å². The maximum atomic E-state index is 13.3. The second-order valence-corrected chi connectivity index (χ2v) is 11.4. The summed E-state index contributed by atoms with van der Waals surface area (Å²) in [6.45, 7) is 6.82. The zero-order valence-electron chi connectivity index (χ0n) is 22.4. The minimum atomic E-state index is -4.68. The van der Waals surface area contributed by atoms with Gasteiger partial charge in [0.25, 0.3) is 5.91 Å². The van der Waals surface area contributed by atoms with Crippen molar-refractivity contribution in [1.29, 1.82) is 0 Å². The highest BCUT2D eigenvalue weighted by atomic mass is 31.2. The molecule has 0 bridgehead atoms. The standard InChI is InChI=1S/C26H36N5O7P/c1-4-5-15-38-26(34)31-13-11-30(12-14-31)25(33)22(17-39(35,36)37)29-24(32)21-16-20(18(2)3)27-23(28-21)19-9-7-6-8-10-19/h6-10,16,18,22H,4-5,11-15,17H2,1-3H3,(H,29,32)(H2,35,36,37)/t22-/m0/s1. The number of nitrogens with one attached hydrogen (secondary N) is 1. The van der Waals surface area contributed by atoms with Crippen molar-refractivity contribution in [1.82, 2.24) is 25.1 Å². The SMILES string of the molecule is CCCCOC(=O)N1CCN(C(=O)[C@H](CP(=O)(O)O)NC(=O)c2cc(C(C)C)nc(-c3ccccc3)n2)CC1. The van der Waals surface area contributed by atoms with Crippen LogP contribution in [0.4, 0.5) is 4.79 Å². The molecular weight excluding hydrogens is 525 g/mol. The summed E-state index contributed by atoms with van der Waals surface area (Å²) >= 11 is 0. The van der Waals surface area contributed by atoms with Crippen molar-refractivity contribution in [3.05, 3.63) is 47.8 Å². The maximum Gasteiger partial charge on any atom is 0.409 e. The van der Waals surface area contributed by atoms with E-state index in [-0.39, 0.29) is 37.8 Å². The molecule has 0 unspecified atom stereocenters. The normalized spacial score (nSPS) is 14.7. The van der Waals surface area contributed by atoms with E-state index in [1.54, 1.807) is 12.1 Å². The third-order valence-electron chi connectivity index (χ3n) is 6.20. The Morgan fingerprint density at radius 3 is 2.28 bits per heavy atom. The van der Waals surface area contributed by atoms with Crippen molar-refractivity contribution in [2.45, 2.75) is 45.6 Å². The van der Waals surface area contributed by atoms with Crippen LogP contribution in [-0.2, 0) is 14.1 Å². The van der Waals surface area contributed by atoms with Crippen LogP contribution in [0.15, 0.2) is 36.4 Å². The van der Waals surface area contributed by atoms with E-state index in [0.717, 1.165) is 12.8 Å². The molecule has 1 atom stereocenters. The molecule has 0 spiro atoms. The number of benzene rings is 1. The van der Waals surface area contributed by atoms with Gasteiger partial charge in [0.05, 0.1) is 12.8 Å². The summed E-state index contributed by atoms with van der Waals surface area (Å²) in [5.41, 5.74) is 1.28. The van der Waals surface area contributed by atoms with E-state index in [1.165, 1.54) is 15.9 Å². The first-order valence-electron chi connectivity index (χ1n) is 13.0. The number of carbonyl (C=O) groups excluding carboxylic acids is 3. The highest BCUT2D eigenvalue weighted by molar-refractivity contribution is 7.51. The monoisotopic (exact) mass is 561 g/mol. The van der Waals surface area contributed by atoms with Gasteiger partial charge in [-0.25, -0.2) is 14.8 Å². The van der Waals surface area contributed by atoms with Gasteiger partial charge in [-0.15, -0.1) is 0 Å². The number of nitrogens with zero attached hydrogens (tertiary/aromatic N) is 4. The molecule has 0 aliphatic carbocycles. The summed E-state index contributed by atoms with van der Waals surface area (Å²) < 4.78 is 17.1. The highest BCUT2D eigenvalue weighted by Crippen LogP contribution is 2.35. The summed E-state index contributed by atoms with van der Waals surface area (Å²) in [4.78, 5) is 69.8. The fourth-order valence-corrected chi connectivity index (χ4v) is 4.70. The first kappa shape index (κ1) is 30.2. The number of hydrogen-bond donors (Lipinski definition) is 3. The summed E-state index contributed by atoms with van der Waals surface area (Å²) in [6.07, 6.45) is 0.314. The van der Waals surface area contributed by atoms with Gasteiger partial charge in [0.2, 0.25) is 5.91 Å². The van der Waals surface area contributed by atoms with Crippen LogP contribution in [0.25, 0.3) is 11.4 Å². The van der Waals surface area contributed by atoms with Crippen LogP contribution in [0.1, 0.15) is 55.7 Å². The molecule has 1 aromatic heterocycles. The van der Waals surface area contributed by atoms with Gasteiger partial charge in [-0.05, 0) is 18.4 Å². The molecule has 13 heteroatoms. The first-order chi connectivity index (χ1) is 18.5. The lowest BCUT2D eigenvalue weighted by Gasteiger charge is -2.36. The Labute approximate surface area is 227 Å². The van der Waals surface area contributed by atoms with Gasteiger partial charge in [-0.3, -0.25) is 14.2 Å². The number of carbonyl (C=O) groups is 3. The van der Waals surface area contributed by atoms with E-state index in [1.807, 2.05) is 39.0 Å². The van der Waals surface area contributed by atoms with Crippen molar-refractivity contribution < 1.29 is 33.5 Å². The Bertz CT molecular complexity index is 1200. The molecule has 3 N–H and O–H groups in total. The second kappa shape index (κ2) is 13.6. The lowest BCUT2D eigenvalue weighted by Crippen LogP contribution is -2.56. The molecule has 1 saturated heterocycles. The third-order valence-corrected chi connectivity index (χ3v) is 7.04. The maximum absolute atomic E-state index is 13.3. The molecule has 3 rings (SSSR count). The Kier molecular flexibility index (Phi) is 10.6. The number of unbranched alkanes of at least 4 members (excludes halogenated alkanes) is 1. The second-order valence-electron chi connectivity index (χ2n) is 9.68. The summed E-state index contributed by atoms with van der Waals surface area (Å²) in [5, 5.41) is 2.48. The molecule has 2 aromatic rings. The average molecular weight is 562 g/mol. The van der Waals surface area contributed by atoms with E-state index in [4.69, 9.17) is 4.74 Å². The summed E-state index contributed by atoms with van der Waals surface area (Å²) in [6, 6.07) is 9.12. The van der Waals surface area contributed by atoms with E-state index >= 15 is 0 Å². The number of aromatic nitrogens is 2. The van der Waals surface area contributed by atoms with Gasteiger partial charge >= 0.3 is 13.7 Å². The van der Waals surface area contributed by atoms with Gasteiger partial charge in [0.1, 0.15) is 11.7 Å². The van der Waals surface area contributed by atoms with Crippen LogP contribution in [0, 0.1) is 0 Å². The van der Waals surface area contributed by atoms with Gasteiger partial charge in [-0.2, -0.15) is 0 Å². The van der Waals surface area contributed by atoms with Crippen molar-refractivity contribution in [2.75, 3.05) is 38.9 Å².